The summed E-state index contributed by atoms with van der Waals surface area (Å²) in [6, 6.07) is 21.7. The zero-order valence-electron chi connectivity index (χ0n) is 20.7. The van der Waals surface area contributed by atoms with E-state index in [9.17, 15) is 19.5 Å². The number of H-pyrrole nitrogens is 1. The molecule has 5 rings (SSSR count). The predicted molar refractivity (Wildman–Crippen MR) is 144 cm³/mol. The number of carbonyl (C=O) groups is 3. The van der Waals surface area contributed by atoms with E-state index in [2.05, 4.69) is 11.1 Å². The number of fused-ring (bicyclic) bond motifs is 1. The monoisotopic (exact) mass is 493 g/mol. The highest BCUT2D eigenvalue weighted by atomic mass is 16.4. The molecule has 0 saturated heterocycles. The quantitative estimate of drug-likeness (QED) is 0.401. The van der Waals surface area contributed by atoms with E-state index in [1.807, 2.05) is 30.3 Å². The van der Waals surface area contributed by atoms with Gasteiger partial charge in [0.25, 0.3) is 11.8 Å². The number of amides is 2. The molecule has 2 N–H and O–H groups in total. The van der Waals surface area contributed by atoms with E-state index < -0.39 is 5.97 Å². The lowest BCUT2D eigenvalue weighted by Crippen LogP contribution is -2.35. The third-order valence-corrected chi connectivity index (χ3v) is 6.67. The Morgan fingerprint density at radius 3 is 2.27 bits per heavy atom. The maximum absolute atomic E-state index is 13.7. The van der Waals surface area contributed by atoms with Gasteiger partial charge in [0.2, 0.25) is 0 Å². The summed E-state index contributed by atoms with van der Waals surface area (Å²) < 4.78 is 0. The van der Waals surface area contributed by atoms with Crippen molar-refractivity contribution < 1.29 is 19.5 Å². The number of hydrogen-bond donors (Lipinski definition) is 2. The minimum absolute atomic E-state index is 0.0884. The maximum atomic E-state index is 13.7. The van der Waals surface area contributed by atoms with Crippen molar-refractivity contribution in [1.82, 2.24) is 14.8 Å². The number of nitrogens with one attached hydrogen (secondary N) is 1. The number of hydrogen-bond acceptors (Lipinski definition) is 3. The third-order valence-electron chi connectivity index (χ3n) is 6.67. The average molecular weight is 494 g/mol. The fourth-order valence-corrected chi connectivity index (χ4v) is 4.79. The van der Waals surface area contributed by atoms with Crippen LogP contribution in [-0.2, 0) is 0 Å². The maximum Gasteiger partial charge on any atom is 0.336 e. The van der Waals surface area contributed by atoms with Crippen molar-refractivity contribution in [3.05, 3.63) is 101 Å². The van der Waals surface area contributed by atoms with Crippen LogP contribution in [0.5, 0.6) is 0 Å². The Bertz CT molecular complexity index is 1560. The lowest BCUT2D eigenvalue weighted by Gasteiger charge is -2.28. The Hall–Kier alpha value is -4.65. The number of carboxylic acids is 1. The normalized spacial score (nSPS) is 13.4. The molecule has 186 valence electrons. The summed E-state index contributed by atoms with van der Waals surface area (Å²) in [5, 5.41) is 10.6. The van der Waals surface area contributed by atoms with Crippen LogP contribution in [0.15, 0.2) is 78.9 Å². The van der Waals surface area contributed by atoms with Gasteiger partial charge in [-0.3, -0.25) is 9.59 Å². The van der Waals surface area contributed by atoms with Crippen molar-refractivity contribution in [2.75, 3.05) is 27.2 Å². The van der Waals surface area contributed by atoms with Gasteiger partial charge in [-0.05, 0) is 52.9 Å². The molecule has 0 aliphatic carbocycles. The molecule has 0 bridgehead atoms. The first-order valence-electron chi connectivity index (χ1n) is 12.1. The summed E-state index contributed by atoms with van der Waals surface area (Å²) in [6.45, 7) is 1.01. The minimum atomic E-state index is -1.03. The summed E-state index contributed by atoms with van der Waals surface area (Å²) in [4.78, 5) is 44.4. The Balaban J connectivity index is 1.43. The molecule has 0 fully saturated rings. The van der Waals surface area contributed by atoms with Gasteiger partial charge in [0, 0.05) is 43.7 Å². The van der Waals surface area contributed by atoms with Crippen LogP contribution in [0.2, 0.25) is 0 Å². The molecule has 0 unspecified atom stereocenters. The number of aromatic carboxylic acids is 1. The topological polar surface area (TPSA) is 93.7 Å². The molecule has 37 heavy (non-hydrogen) atoms. The Morgan fingerprint density at radius 2 is 1.57 bits per heavy atom. The average Bonchev–Trinajstić information content (AvgIpc) is 3.35. The van der Waals surface area contributed by atoms with Gasteiger partial charge in [0.15, 0.2) is 0 Å². The molecular formula is C30H27N3O4. The van der Waals surface area contributed by atoms with E-state index in [1.165, 1.54) is 4.90 Å². The fraction of sp³-hybridized carbons (Fsp3) is 0.167. The molecule has 0 atom stereocenters. The van der Waals surface area contributed by atoms with E-state index in [0.29, 0.717) is 41.9 Å². The van der Waals surface area contributed by atoms with Gasteiger partial charge in [-0.1, -0.05) is 54.6 Å². The smallest absolute Gasteiger partial charge is 0.336 e. The number of carboxylic acid groups (broad SMARTS) is 1. The number of aromatic amines is 1. The van der Waals surface area contributed by atoms with Gasteiger partial charge in [-0.2, -0.15) is 0 Å². The van der Waals surface area contributed by atoms with E-state index in [0.717, 1.165) is 22.0 Å². The molecule has 7 heteroatoms. The van der Waals surface area contributed by atoms with Gasteiger partial charge < -0.3 is 19.9 Å². The first-order chi connectivity index (χ1) is 17.8. The molecule has 0 radical (unpaired) electrons. The van der Waals surface area contributed by atoms with Crippen molar-refractivity contribution >= 4 is 34.3 Å². The van der Waals surface area contributed by atoms with Crippen molar-refractivity contribution in [1.29, 1.82) is 0 Å². The Labute approximate surface area is 214 Å². The molecule has 0 saturated carbocycles. The molecule has 1 aliphatic heterocycles. The number of rotatable bonds is 5. The van der Waals surface area contributed by atoms with Gasteiger partial charge in [0.05, 0.1) is 5.56 Å². The number of aromatic nitrogens is 1. The second-order valence-electron chi connectivity index (χ2n) is 9.33. The summed E-state index contributed by atoms with van der Waals surface area (Å²) in [5.74, 6) is -1.26. The lowest BCUT2D eigenvalue weighted by molar-refractivity contribution is 0.0695. The highest BCUT2D eigenvalue weighted by Gasteiger charge is 2.24. The van der Waals surface area contributed by atoms with Crippen molar-refractivity contribution in [3.8, 4) is 11.1 Å². The van der Waals surface area contributed by atoms with Crippen LogP contribution in [0.25, 0.3) is 27.6 Å². The van der Waals surface area contributed by atoms with Crippen molar-refractivity contribution in [2.45, 2.75) is 6.42 Å². The SMILES string of the molecule is CN(C)C(=O)c1cc2ccc(C3=CCCN(C(=O)c4ccccc4-c4ccccc4C(=O)O)C3)cc2[nH]1. The van der Waals surface area contributed by atoms with Crippen molar-refractivity contribution in [2.24, 2.45) is 0 Å². The zero-order valence-corrected chi connectivity index (χ0v) is 20.7. The molecule has 1 aliphatic rings. The summed E-state index contributed by atoms with van der Waals surface area (Å²) in [5.41, 5.74) is 5.17. The largest absolute Gasteiger partial charge is 0.478 e. The molecule has 3 aromatic carbocycles. The second kappa shape index (κ2) is 9.78. The lowest BCUT2D eigenvalue weighted by atomic mass is 9.94. The zero-order chi connectivity index (χ0) is 26.1. The number of benzene rings is 3. The van der Waals surface area contributed by atoms with Crippen molar-refractivity contribution in [3.63, 3.8) is 0 Å². The number of nitrogens with zero attached hydrogens (tertiary/aromatic N) is 2. The van der Waals surface area contributed by atoms with Crippen LogP contribution in [-0.4, -0.2) is 64.9 Å². The molecule has 1 aromatic heterocycles. The van der Waals surface area contributed by atoms with Crippen LogP contribution in [0.3, 0.4) is 0 Å². The Morgan fingerprint density at radius 1 is 0.892 bits per heavy atom. The molecule has 2 amide bonds. The van der Waals surface area contributed by atoms with Gasteiger partial charge in [0.1, 0.15) is 5.69 Å². The first-order valence-corrected chi connectivity index (χ1v) is 12.1. The highest BCUT2D eigenvalue weighted by molar-refractivity contribution is 6.05. The summed E-state index contributed by atoms with van der Waals surface area (Å²) in [6.07, 6.45) is 2.85. The predicted octanol–water partition coefficient (Wildman–Crippen LogP) is 5.16. The van der Waals surface area contributed by atoms with Crippen LogP contribution in [0.4, 0.5) is 0 Å². The van der Waals surface area contributed by atoms with E-state index in [4.69, 9.17) is 0 Å². The first kappa shape index (κ1) is 24.1. The highest BCUT2D eigenvalue weighted by Crippen LogP contribution is 2.30. The fourth-order valence-electron chi connectivity index (χ4n) is 4.79. The standard InChI is InChI=1S/C30H27N3O4/c1-32(2)29(35)27-17-20-14-13-19(16-26(20)31-27)21-8-7-15-33(18-21)28(34)24-11-5-3-9-22(24)23-10-4-6-12-25(23)30(36)37/h3-6,8-14,16-17,31H,7,15,18H2,1-2H3,(H,36,37). The van der Waals surface area contributed by atoms with Crippen LogP contribution >= 0.6 is 0 Å². The molecular weight excluding hydrogens is 466 g/mol. The van der Waals surface area contributed by atoms with E-state index >= 15 is 0 Å². The second-order valence-corrected chi connectivity index (χ2v) is 9.33. The van der Waals surface area contributed by atoms with Crippen LogP contribution < -0.4 is 0 Å². The van der Waals surface area contributed by atoms with E-state index in [-0.39, 0.29) is 17.4 Å². The van der Waals surface area contributed by atoms with Crippen LogP contribution in [0, 0.1) is 0 Å². The van der Waals surface area contributed by atoms with Gasteiger partial charge >= 0.3 is 5.97 Å². The molecule has 0 spiro atoms. The number of carbonyl (C=O) groups excluding carboxylic acids is 2. The van der Waals surface area contributed by atoms with Gasteiger partial charge in [-0.15, -0.1) is 0 Å². The van der Waals surface area contributed by atoms with E-state index in [1.54, 1.807) is 61.5 Å². The minimum Gasteiger partial charge on any atom is -0.478 e. The third kappa shape index (κ3) is 4.63. The summed E-state index contributed by atoms with van der Waals surface area (Å²) >= 11 is 0. The molecule has 7 nitrogen and oxygen atoms in total. The Kier molecular flexibility index (Phi) is 6.36. The van der Waals surface area contributed by atoms with Crippen LogP contribution in [0.1, 0.15) is 43.2 Å². The van der Waals surface area contributed by atoms with Gasteiger partial charge in [-0.25, -0.2) is 4.79 Å². The molecule has 2 heterocycles. The summed E-state index contributed by atoms with van der Waals surface area (Å²) in [7, 11) is 3.44. The molecule has 4 aromatic rings.